The topological polar surface area (TPSA) is 92.1 Å². The van der Waals surface area contributed by atoms with Gasteiger partial charge in [-0.15, -0.1) is 0 Å². The number of hydrogen-bond donors (Lipinski definition) is 4. The van der Waals surface area contributed by atoms with Crippen molar-refractivity contribution in [1.82, 2.24) is 30.4 Å². The number of urea groups is 1. The maximum Gasteiger partial charge on any atom is 0.315 e. The highest BCUT2D eigenvalue weighted by Gasteiger charge is 2.42. The fraction of sp³-hybridized carbons (Fsp3) is 0.643. The average molecular weight is 529 g/mol. The Morgan fingerprint density at radius 3 is 2.46 bits per heavy atom. The minimum atomic E-state index is -0.132. The van der Waals surface area contributed by atoms with Crippen molar-refractivity contribution in [3.63, 3.8) is 0 Å². The first-order valence-electron chi connectivity index (χ1n) is 14.1. The van der Waals surface area contributed by atoms with Crippen LogP contribution in [-0.4, -0.2) is 63.8 Å². The van der Waals surface area contributed by atoms with Crippen molar-refractivity contribution in [3.8, 4) is 0 Å². The molecule has 2 fully saturated rings. The van der Waals surface area contributed by atoms with E-state index in [1.165, 1.54) is 25.7 Å². The third-order valence-electron chi connectivity index (χ3n) is 7.46. The number of thioether (sulfide) groups is 1. The summed E-state index contributed by atoms with van der Waals surface area (Å²) in [5, 5.41) is 13.4. The zero-order valence-corrected chi connectivity index (χ0v) is 22.8. The van der Waals surface area contributed by atoms with E-state index in [4.69, 9.17) is 0 Å². The normalized spacial score (nSPS) is 21.4. The molecule has 4 atom stereocenters. The summed E-state index contributed by atoms with van der Waals surface area (Å²) in [6.45, 7) is 3.77. The number of unbranched alkanes of at least 4 members (excludes halogenated alkanes) is 4. The number of rotatable bonds is 18. The molecule has 0 unspecified atom stereocenters. The van der Waals surface area contributed by atoms with Gasteiger partial charge in [-0.1, -0.05) is 12.8 Å². The Morgan fingerprint density at radius 1 is 0.919 bits per heavy atom. The highest BCUT2D eigenvalue weighted by molar-refractivity contribution is 8.00. The van der Waals surface area contributed by atoms with Crippen LogP contribution in [0.2, 0.25) is 0 Å². The van der Waals surface area contributed by atoms with Gasteiger partial charge in [-0.3, -0.25) is 4.79 Å². The van der Waals surface area contributed by atoms with Crippen LogP contribution in [0.3, 0.4) is 0 Å². The zero-order valence-electron chi connectivity index (χ0n) is 21.9. The molecular formula is C28H44N6O2S. The number of amides is 3. The molecule has 4 N–H and O–H groups in total. The lowest BCUT2D eigenvalue weighted by Crippen LogP contribution is -2.36. The molecule has 204 valence electrons. The molecule has 4 heterocycles. The third-order valence-corrected chi connectivity index (χ3v) is 8.97. The van der Waals surface area contributed by atoms with Gasteiger partial charge in [0.25, 0.3) is 0 Å². The first-order valence-corrected chi connectivity index (χ1v) is 15.2. The van der Waals surface area contributed by atoms with Crippen LogP contribution in [0.15, 0.2) is 49.1 Å². The summed E-state index contributed by atoms with van der Waals surface area (Å²) in [7, 11) is 0. The molecule has 4 rings (SSSR count). The monoisotopic (exact) mass is 528 g/mol. The van der Waals surface area contributed by atoms with Crippen molar-refractivity contribution in [3.05, 3.63) is 49.1 Å². The molecule has 0 aromatic carbocycles. The van der Waals surface area contributed by atoms with Gasteiger partial charge in [0.2, 0.25) is 5.91 Å². The number of aryl methyl sites for hydroxylation is 1. The Hall–Kier alpha value is -2.39. The predicted octanol–water partition coefficient (Wildman–Crippen LogP) is 3.91. The second-order valence-corrected chi connectivity index (χ2v) is 11.6. The van der Waals surface area contributed by atoms with E-state index in [2.05, 4.69) is 38.2 Å². The second-order valence-electron chi connectivity index (χ2n) is 10.3. The lowest BCUT2D eigenvalue weighted by Gasteiger charge is -2.19. The van der Waals surface area contributed by atoms with Crippen molar-refractivity contribution >= 4 is 23.7 Å². The van der Waals surface area contributed by atoms with E-state index in [0.717, 1.165) is 64.0 Å². The molecule has 0 radical (unpaired) electrons. The SMILES string of the molecule is O=C1N[C@H]2[C@H](CS[C@H]2CCCCCNCCCCNC(=O)[C@H](CCCCn2cccc2)n2cccc2)N1. The molecule has 0 saturated carbocycles. The van der Waals surface area contributed by atoms with E-state index < -0.39 is 0 Å². The smallest absolute Gasteiger partial charge is 0.315 e. The van der Waals surface area contributed by atoms with E-state index >= 15 is 0 Å². The standard InChI is InChI=1S/C28H44N6O2S/c35-27(24(34-20-10-11-21-34)12-3-7-17-33-18-8-9-19-33)30-16-6-5-15-29-14-4-1-2-13-25-26-23(22-37-25)31-28(36)32-26/h8-11,18-21,23-26,29H,1-7,12-17,22H2,(H,30,35)(H2,31,32,36)/t23-,24-,25-,26-/m0/s1. The number of nitrogens with one attached hydrogen (secondary N) is 4. The summed E-state index contributed by atoms with van der Waals surface area (Å²) < 4.78 is 4.23. The number of aromatic nitrogens is 2. The molecule has 2 aromatic rings. The van der Waals surface area contributed by atoms with Gasteiger partial charge in [0.05, 0.1) is 12.1 Å². The summed E-state index contributed by atoms with van der Waals surface area (Å²) >= 11 is 2.00. The molecule has 2 aliphatic heterocycles. The molecular weight excluding hydrogens is 484 g/mol. The number of carbonyl (C=O) groups excluding carboxylic acids is 2. The zero-order chi connectivity index (χ0) is 25.7. The molecule has 2 aliphatic rings. The highest BCUT2D eigenvalue weighted by Crippen LogP contribution is 2.33. The van der Waals surface area contributed by atoms with Crippen LogP contribution in [0.1, 0.15) is 63.8 Å². The number of fused-ring (bicyclic) bond motifs is 1. The lowest BCUT2D eigenvalue weighted by molar-refractivity contribution is -0.124. The minimum Gasteiger partial charge on any atom is -0.354 e. The molecule has 8 nitrogen and oxygen atoms in total. The third kappa shape index (κ3) is 8.85. The lowest BCUT2D eigenvalue weighted by atomic mass is 10.0. The van der Waals surface area contributed by atoms with Gasteiger partial charge in [0.1, 0.15) is 6.04 Å². The number of hydrogen-bond acceptors (Lipinski definition) is 4. The van der Waals surface area contributed by atoms with Gasteiger partial charge in [0.15, 0.2) is 0 Å². The highest BCUT2D eigenvalue weighted by atomic mass is 32.2. The van der Waals surface area contributed by atoms with Crippen LogP contribution in [0.25, 0.3) is 0 Å². The quantitative estimate of drug-likeness (QED) is 0.174. The van der Waals surface area contributed by atoms with Crippen LogP contribution < -0.4 is 21.3 Å². The molecule has 3 amide bonds. The summed E-state index contributed by atoms with van der Waals surface area (Å²) in [6, 6.07) is 8.60. The largest absolute Gasteiger partial charge is 0.354 e. The van der Waals surface area contributed by atoms with E-state index in [1.807, 2.05) is 53.0 Å². The number of nitrogens with zero attached hydrogens (tertiary/aromatic N) is 2. The molecule has 0 bridgehead atoms. The number of carbonyl (C=O) groups is 2. The van der Waals surface area contributed by atoms with E-state index in [0.29, 0.717) is 17.3 Å². The van der Waals surface area contributed by atoms with Crippen molar-refractivity contribution in [1.29, 1.82) is 0 Å². The Kier molecular flexibility index (Phi) is 11.3. The molecule has 37 heavy (non-hydrogen) atoms. The van der Waals surface area contributed by atoms with Crippen molar-refractivity contribution in [2.45, 2.75) is 87.7 Å². The predicted molar refractivity (Wildman–Crippen MR) is 151 cm³/mol. The first-order chi connectivity index (χ1) is 18.2. The first kappa shape index (κ1) is 27.6. The van der Waals surface area contributed by atoms with E-state index in [9.17, 15) is 9.59 Å². The van der Waals surface area contributed by atoms with Gasteiger partial charge < -0.3 is 30.4 Å². The van der Waals surface area contributed by atoms with Crippen LogP contribution in [-0.2, 0) is 11.3 Å². The molecule has 2 saturated heterocycles. The summed E-state index contributed by atoms with van der Waals surface area (Å²) in [4.78, 5) is 24.4. The van der Waals surface area contributed by atoms with Gasteiger partial charge in [-0.2, -0.15) is 11.8 Å². The van der Waals surface area contributed by atoms with Crippen LogP contribution >= 0.6 is 11.8 Å². The Labute approximate surface area is 225 Å². The van der Waals surface area contributed by atoms with Gasteiger partial charge in [-0.05, 0) is 82.3 Å². The van der Waals surface area contributed by atoms with Crippen molar-refractivity contribution in [2.75, 3.05) is 25.4 Å². The average Bonchev–Trinajstić information content (AvgIpc) is 3.69. The molecule has 9 heteroatoms. The molecule has 0 spiro atoms. The fourth-order valence-electron chi connectivity index (χ4n) is 5.37. The second kappa shape index (κ2) is 15.1. The maximum atomic E-state index is 12.9. The van der Waals surface area contributed by atoms with E-state index in [-0.39, 0.29) is 18.0 Å². The van der Waals surface area contributed by atoms with Crippen LogP contribution in [0.4, 0.5) is 4.79 Å². The van der Waals surface area contributed by atoms with Gasteiger partial charge in [0, 0.05) is 48.9 Å². The minimum absolute atomic E-state index is 0.00384. The Balaban J connectivity index is 0.993. The van der Waals surface area contributed by atoms with Crippen LogP contribution in [0.5, 0.6) is 0 Å². The van der Waals surface area contributed by atoms with Gasteiger partial charge >= 0.3 is 6.03 Å². The van der Waals surface area contributed by atoms with Gasteiger partial charge in [-0.25, -0.2) is 4.79 Å². The summed E-state index contributed by atoms with van der Waals surface area (Å²) in [6.07, 6.45) is 18.0. The summed E-state index contributed by atoms with van der Waals surface area (Å²) in [5.41, 5.74) is 0. The molecule has 2 aromatic heterocycles. The van der Waals surface area contributed by atoms with Crippen LogP contribution in [0, 0.1) is 0 Å². The van der Waals surface area contributed by atoms with Crippen molar-refractivity contribution in [2.24, 2.45) is 0 Å². The fourth-order valence-corrected chi connectivity index (χ4v) is 6.91. The molecule has 0 aliphatic carbocycles. The summed E-state index contributed by atoms with van der Waals surface area (Å²) in [5.74, 6) is 1.17. The Bertz CT molecular complexity index is 919. The van der Waals surface area contributed by atoms with Crippen molar-refractivity contribution < 1.29 is 9.59 Å². The van der Waals surface area contributed by atoms with E-state index in [1.54, 1.807) is 0 Å². The Morgan fingerprint density at radius 2 is 1.65 bits per heavy atom. The maximum absolute atomic E-state index is 12.9.